The van der Waals surface area contributed by atoms with Gasteiger partial charge in [0.1, 0.15) is 6.10 Å². The summed E-state index contributed by atoms with van der Waals surface area (Å²) in [7, 11) is 0. The van der Waals surface area contributed by atoms with Crippen LogP contribution in [0.4, 0.5) is 0 Å². The summed E-state index contributed by atoms with van der Waals surface area (Å²) in [5.74, 6) is -0.0137. The molecule has 3 heteroatoms. The molecule has 1 atom stereocenters. The van der Waals surface area contributed by atoms with E-state index in [0.717, 1.165) is 32.4 Å². The minimum atomic E-state index is -0.0137. The molecule has 88 valence electrons. The van der Waals surface area contributed by atoms with Crippen LogP contribution in [0.1, 0.15) is 51.9 Å². The van der Waals surface area contributed by atoms with Crippen molar-refractivity contribution in [2.45, 2.75) is 58.0 Å². The van der Waals surface area contributed by atoms with Crippen LogP contribution in [-0.2, 0) is 9.53 Å². The van der Waals surface area contributed by atoms with Gasteiger partial charge in [-0.15, -0.1) is 0 Å². The van der Waals surface area contributed by atoms with Gasteiger partial charge in [0.15, 0.2) is 0 Å². The number of carbonyl (C=O) groups is 1. The molecule has 0 aliphatic carbocycles. The van der Waals surface area contributed by atoms with Crippen LogP contribution in [0.5, 0.6) is 0 Å². The fourth-order valence-corrected chi connectivity index (χ4v) is 1.85. The van der Waals surface area contributed by atoms with Crippen molar-refractivity contribution in [2.24, 2.45) is 0 Å². The molecule has 0 spiro atoms. The average Bonchev–Trinajstić information content (AvgIpc) is 2.70. The topological polar surface area (TPSA) is 38.3 Å². The van der Waals surface area contributed by atoms with E-state index in [9.17, 15) is 4.79 Å². The molecular weight excluding hydrogens is 190 g/mol. The fraction of sp³-hybridized carbons (Fsp3) is 0.917. The predicted octanol–water partition coefficient (Wildman–Crippen LogP) is 2.25. The van der Waals surface area contributed by atoms with Gasteiger partial charge in [-0.05, 0) is 19.4 Å². The number of nitrogens with one attached hydrogen (secondary N) is 1. The molecule has 15 heavy (non-hydrogen) atoms. The molecule has 0 bridgehead atoms. The van der Waals surface area contributed by atoms with E-state index in [4.69, 9.17) is 4.74 Å². The third-order valence-corrected chi connectivity index (χ3v) is 2.80. The summed E-state index contributed by atoms with van der Waals surface area (Å²) in [6, 6.07) is 0. The fourth-order valence-electron chi connectivity index (χ4n) is 1.85. The molecule has 0 amide bonds. The predicted molar refractivity (Wildman–Crippen MR) is 60.7 cm³/mol. The SMILES string of the molecule is CCCCCCCC(=O)OC1CCNC1. The Labute approximate surface area is 92.6 Å². The van der Waals surface area contributed by atoms with Crippen molar-refractivity contribution in [3.63, 3.8) is 0 Å². The molecule has 1 N–H and O–H groups in total. The highest BCUT2D eigenvalue weighted by atomic mass is 16.5. The molecule has 1 heterocycles. The van der Waals surface area contributed by atoms with Crippen molar-refractivity contribution in [2.75, 3.05) is 13.1 Å². The first kappa shape index (κ1) is 12.5. The Morgan fingerprint density at radius 2 is 2.13 bits per heavy atom. The van der Waals surface area contributed by atoms with E-state index in [0.29, 0.717) is 6.42 Å². The smallest absolute Gasteiger partial charge is 0.306 e. The standard InChI is InChI=1S/C12H23NO2/c1-2-3-4-5-6-7-12(14)15-11-8-9-13-10-11/h11,13H,2-10H2,1H3. The zero-order chi connectivity index (χ0) is 10.9. The summed E-state index contributed by atoms with van der Waals surface area (Å²) >= 11 is 0. The molecule has 0 radical (unpaired) electrons. The zero-order valence-corrected chi connectivity index (χ0v) is 9.76. The highest BCUT2D eigenvalue weighted by Crippen LogP contribution is 2.09. The monoisotopic (exact) mass is 213 g/mol. The van der Waals surface area contributed by atoms with E-state index >= 15 is 0 Å². The number of rotatable bonds is 7. The molecule has 0 aromatic carbocycles. The molecule has 1 aliphatic rings. The minimum Gasteiger partial charge on any atom is -0.461 e. The Bertz CT molecular complexity index is 176. The normalized spacial score (nSPS) is 20.5. The van der Waals surface area contributed by atoms with Gasteiger partial charge in [0.25, 0.3) is 0 Å². The van der Waals surface area contributed by atoms with Gasteiger partial charge in [-0.2, -0.15) is 0 Å². The minimum absolute atomic E-state index is 0.0137. The number of esters is 1. The van der Waals surface area contributed by atoms with Crippen LogP contribution < -0.4 is 5.32 Å². The van der Waals surface area contributed by atoms with Crippen LogP contribution in [0.25, 0.3) is 0 Å². The van der Waals surface area contributed by atoms with Crippen LogP contribution in [0.3, 0.4) is 0 Å². The molecule has 1 fully saturated rings. The number of carbonyl (C=O) groups excluding carboxylic acids is 1. The first-order valence-electron chi connectivity index (χ1n) is 6.23. The second kappa shape index (κ2) is 7.69. The Balaban J connectivity index is 1.93. The number of ether oxygens (including phenoxy) is 1. The third kappa shape index (κ3) is 5.78. The Morgan fingerprint density at radius 1 is 1.33 bits per heavy atom. The molecular formula is C12H23NO2. The van der Waals surface area contributed by atoms with Crippen molar-refractivity contribution in [3.05, 3.63) is 0 Å². The summed E-state index contributed by atoms with van der Waals surface area (Å²) in [6.07, 6.45) is 7.62. The van der Waals surface area contributed by atoms with Crippen LogP contribution in [0.15, 0.2) is 0 Å². The van der Waals surface area contributed by atoms with Gasteiger partial charge >= 0.3 is 5.97 Å². The van der Waals surface area contributed by atoms with E-state index in [1.54, 1.807) is 0 Å². The number of hydrogen-bond acceptors (Lipinski definition) is 3. The summed E-state index contributed by atoms with van der Waals surface area (Å²) in [5.41, 5.74) is 0. The molecule has 1 rings (SSSR count). The zero-order valence-electron chi connectivity index (χ0n) is 9.76. The maximum atomic E-state index is 11.4. The highest BCUT2D eigenvalue weighted by Gasteiger charge is 2.18. The highest BCUT2D eigenvalue weighted by molar-refractivity contribution is 5.69. The molecule has 3 nitrogen and oxygen atoms in total. The molecule has 1 aliphatic heterocycles. The largest absolute Gasteiger partial charge is 0.461 e. The van der Waals surface area contributed by atoms with Crippen molar-refractivity contribution in [1.82, 2.24) is 5.32 Å². The van der Waals surface area contributed by atoms with Crippen LogP contribution in [0, 0.1) is 0 Å². The van der Waals surface area contributed by atoms with E-state index in [1.807, 2.05) is 0 Å². The first-order valence-corrected chi connectivity index (χ1v) is 6.23. The van der Waals surface area contributed by atoms with Gasteiger partial charge in [0, 0.05) is 13.0 Å². The molecule has 0 saturated carbocycles. The maximum absolute atomic E-state index is 11.4. The first-order chi connectivity index (χ1) is 7.33. The molecule has 1 unspecified atom stereocenters. The summed E-state index contributed by atoms with van der Waals surface area (Å²) in [6.45, 7) is 4.01. The Hall–Kier alpha value is -0.570. The van der Waals surface area contributed by atoms with Gasteiger partial charge in [-0.1, -0.05) is 32.6 Å². The maximum Gasteiger partial charge on any atom is 0.306 e. The average molecular weight is 213 g/mol. The van der Waals surface area contributed by atoms with Crippen molar-refractivity contribution in [3.8, 4) is 0 Å². The third-order valence-electron chi connectivity index (χ3n) is 2.80. The number of hydrogen-bond donors (Lipinski definition) is 1. The Morgan fingerprint density at radius 3 is 2.80 bits per heavy atom. The quantitative estimate of drug-likeness (QED) is 0.520. The van der Waals surface area contributed by atoms with Crippen LogP contribution in [-0.4, -0.2) is 25.2 Å². The lowest BCUT2D eigenvalue weighted by atomic mass is 10.1. The lowest BCUT2D eigenvalue weighted by Crippen LogP contribution is -2.20. The van der Waals surface area contributed by atoms with E-state index in [-0.39, 0.29) is 12.1 Å². The molecule has 0 aromatic heterocycles. The van der Waals surface area contributed by atoms with Crippen LogP contribution >= 0.6 is 0 Å². The molecule has 0 aromatic rings. The van der Waals surface area contributed by atoms with Gasteiger partial charge in [0.2, 0.25) is 0 Å². The van der Waals surface area contributed by atoms with E-state index in [2.05, 4.69) is 12.2 Å². The Kier molecular flexibility index (Phi) is 6.41. The second-order valence-electron chi connectivity index (χ2n) is 4.27. The lowest BCUT2D eigenvalue weighted by molar-refractivity contribution is -0.148. The van der Waals surface area contributed by atoms with Crippen molar-refractivity contribution < 1.29 is 9.53 Å². The van der Waals surface area contributed by atoms with Gasteiger partial charge in [-0.25, -0.2) is 0 Å². The van der Waals surface area contributed by atoms with Crippen LogP contribution in [0.2, 0.25) is 0 Å². The van der Waals surface area contributed by atoms with Gasteiger partial charge < -0.3 is 10.1 Å². The number of unbranched alkanes of at least 4 members (excludes halogenated alkanes) is 4. The van der Waals surface area contributed by atoms with Crippen molar-refractivity contribution in [1.29, 1.82) is 0 Å². The van der Waals surface area contributed by atoms with E-state index in [1.165, 1.54) is 19.3 Å². The molecule has 1 saturated heterocycles. The second-order valence-corrected chi connectivity index (χ2v) is 4.27. The summed E-state index contributed by atoms with van der Waals surface area (Å²) in [4.78, 5) is 11.4. The van der Waals surface area contributed by atoms with Gasteiger partial charge in [-0.3, -0.25) is 4.79 Å². The van der Waals surface area contributed by atoms with Gasteiger partial charge in [0.05, 0.1) is 0 Å². The van der Waals surface area contributed by atoms with E-state index < -0.39 is 0 Å². The lowest BCUT2D eigenvalue weighted by Gasteiger charge is -2.10. The summed E-state index contributed by atoms with van der Waals surface area (Å²) in [5, 5.41) is 3.18. The summed E-state index contributed by atoms with van der Waals surface area (Å²) < 4.78 is 5.32. The van der Waals surface area contributed by atoms with Crippen molar-refractivity contribution >= 4 is 5.97 Å².